The lowest BCUT2D eigenvalue weighted by Crippen LogP contribution is -2.55. The average Bonchev–Trinajstić information content (AvgIpc) is 2.62. The molecule has 2 nitrogen and oxygen atoms in total. The summed E-state index contributed by atoms with van der Waals surface area (Å²) in [5.74, 6) is 0.754. The zero-order valence-electron chi connectivity index (χ0n) is 14.2. The zero-order chi connectivity index (χ0) is 16.1. The van der Waals surface area contributed by atoms with Gasteiger partial charge in [-0.2, -0.15) is 0 Å². The van der Waals surface area contributed by atoms with E-state index in [0.717, 1.165) is 12.5 Å². The Morgan fingerprint density at radius 3 is 2.12 bits per heavy atom. The third-order valence-corrected chi connectivity index (χ3v) is 7.53. The van der Waals surface area contributed by atoms with Crippen molar-refractivity contribution in [2.75, 3.05) is 31.1 Å². The van der Waals surface area contributed by atoms with Gasteiger partial charge in [0.1, 0.15) is 0 Å². The van der Waals surface area contributed by atoms with Gasteiger partial charge in [-0.1, -0.05) is 43.0 Å². The summed E-state index contributed by atoms with van der Waals surface area (Å²) in [6.07, 6.45) is 2.73. The molecule has 124 valence electrons. The maximum absolute atomic E-state index is 2.67. The van der Waals surface area contributed by atoms with Crippen molar-refractivity contribution in [2.24, 2.45) is 11.3 Å². The van der Waals surface area contributed by atoms with Crippen LogP contribution < -0.4 is 4.90 Å². The van der Waals surface area contributed by atoms with E-state index in [1.165, 1.54) is 53.6 Å². The first kappa shape index (κ1) is 14.9. The van der Waals surface area contributed by atoms with E-state index in [-0.39, 0.29) is 0 Å². The lowest BCUT2D eigenvalue weighted by atomic mass is 9.66. The number of para-hydroxylation sites is 2. The van der Waals surface area contributed by atoms with E-state index < -0.39 is 0 Å². The van der Waals surface area contributed by atoms with Gasteiger partial charge in [0.2, 0.25) is 0 Å². The third-order valence-electron chi connectivity index (χ3n) is 6.40. The van der Waals surface area contributed by atoms with Gasteiger partial charge in [-0.25, -0.2) is 0 Å². The van der Waals surface area contributed by atoms with Crippen LogP contribution in [0.25, 0.3) is 0 Å². The molecule has 0 saturated carbocycles. The Hall–Kier alpha value is -1.45. The lowest BCUT2D eigenvalue weighted by Gasteiger charge is -2.53. The van der Waals surface area contributed by atoms with E-state index in [1.807, 2.05) is 11.8 Å². The Labute approximate surface area is 148 Å². The van der Waals surface area contributed by atoms with Gasteiger partial charge in [0.05, 0.1) is 11.4 Å². The topological polar surface area (TPSA) is 6.48 Å². The van der Waals surface area contributed by atoms with E-state index in [0.29, 0.717) is 5.41 Å². The fourth-order valence-corrected chi connectivity index (χ4v) is 5.76. The molecule has 0 N–H and O–H groups in total. The maximum Gasteiger partial charge on any atom is 0.0552 e. The smallest absolute Gasteiger partial charge is 0.0552 e. The van der Waals surface area contributed by atoms with Crippen molar-refractivity contribution < 1.29 is 0 Å². The number of anilines is 2. The number of rotatable bonds is 2. The van der Waals surface area contributed by atoms with Gasteiger partial charge >= 0.3 is 0 Å². The quantitative estimate of drug-likeness (QED) is 0.760. The summed E-state index contributed by atoms with van der Waals surface area (Å²) in [5.41, 5.74) is 3.30. The third kappa shape index (κ3) is 2.29. The molecule has 3 fully saturated rings. The summed E-state index contributed by atoms with van der Waals surface area (Å²) >= 11 is 1.91. The van der Waals surface area contributed by atoms with Crippen LogP contribution in [0.2, 0.25) is 0 Å². The molecule has 3 heteroatoms. The summed E-state index contributed by atoms with van der Waals surface area (Å²) in [6, 6.07) is 17.8. The fourth-order valence-electron chi connectivity index (χ4n) is 4.66. The van der Waals surface area contributed by atoms with Crippen molar-refractivity contribution in [3.05, 3.63) is 48.5 Å². The number of benzene rings is 2. The molecule has 0 aliphatic carbocycles. The number of piperidine rings is 3. The van der Waals surface area contributed by atoms with Crippen molar-refractivity contribution in [2.45, 2.75) is 29.6 Å². The number of hydrogen-bond acceptors (Lipinski definition) is 3. The second kappa shape index (κ2) is 5.53. The van der Waals surface area contributed by atoms with E-state index in [9.17, 15) is 0 Å². The normalized spacial score (nSPS) is 30.8. The van der Waals surface area contributed by atoms with Gasteiger partial charge in [-0.15, -0.1) is 0 Å². The van der Waals surface area contributed by atoms with Crippen LogP contribution in [-0.2, 0) is 0 Å². The Bertz CT molecular complexity index is 718. The minimum absolute atomic E-state index is 0.517. The van der Waals surface area contributed by atoms with Gasteiger partial charge < -0.3 is 9.80 Å². The molecule has 0 unspecified atom stereocenters. The first-order valence-corrected chi connectivity index (χ1v) is 9.90. The second-order valence-electron chi connectivity index (χ2n) is 7.80. The van der Waals surface area contributed by atoms with Gasteiger partial charge in [0.25, 0.3) is 0 Å². The van der Waals surface area contributed by atoms with Crippen molar-refractivity contribution >= 4 is 23.1 Å². The average molecular weight is 337 g/mol. The van der Waals surface area contributed by atoms with Crippen molar-refractivity contribution in [1.29, 1.82) is 0 Å². The predicted molar refractivity (Wildman–Crippen MR) is 101 cm³/mol. The van der Waals surface area contributed by atoms with E-state index in [1.54, 1.807) is 0 Å². The molecule has 24 heavy (non-hydrogen) atoms. The summed E-state index contributed by atoms with van der Waals surface area (Å²) in [5, 5.41) is 0. The Kier molecular flexibility index (Phi) is 3.43. The van der Waals surface area contributed by atoms with Crippen LogP contribution in [0.3, 0.4) is 0 Å². The van der Waals surface area contributed by atoms with Gasteiger partial charge in [0.15, 0.2) is 0 Å². The molecule has 2 aromatic carbocycles. The van der Waals surface area contributed by atoms with Crippen LogP contribution in [0, 0.1) is 11.3 Å². The number of fused-ring (bicyclic) bond motifs is 5. The van der Waals surface area contributed by atoms with Crippen molar-refractivity contribution in [3.63, 3.8) is 0 Å². The summed E-state index contributed by atoms with van der Waals surface area (Å²) in [7, 11) is 0. The molecule has 3 saturated heterocycles. The molecule has 6 rings (SSSR count). The summed E-state index contributed by atoms with van der Waals surface area (Å²) < 4.78 is 0. The molecule has 0 radical (unpaired) electrons. The Balaban J connectivity index is 1.54. The molecule has 2 aromatic rings. The van der Waals surface area contributed by atoms with Gasteiger partial charge in [0, 0.05) is 22.9 Å². The molecule has 2 bridgehead atoms. The molecule has 4 aliphatic rings. The molecule has 0 amide bonds. The standard InChI is InChI=1S/C21H24N2S/c1-21-10-12-22(13-11-21)14-16(21)15-23-17-6-2-4-8-19(17)24-20-9-5-3-7-18(20)23/h2-9,16H,10-15H2,1H3/t16-/m1/s1. The van der Waals surface area contributed by atoms with E-state index >= 15 is 0 Å². The highest BCUT2D eigenvalue weighted by atomic mass is 32.2. The Morgan fingerprint density at radius 1 is 0.958 bits per heavy atom. The minimum atomic E-state index is 0.517. The number of nitrogens with zero attached hydrogens (tertiary/aromatic N) is 2. The highest BCUT2D eigenvalue weighted by Gasteiger charge is 2.44. The molecule has 4 aliphatic heterocycles. The van der Waals surface area contributed by atoms with E-state index in [4.69, 9.17) is 0 Å². The molecule has 0 spiro atoms. The lowest BCUT2D eigenvalue weighted by molar-refractivity contribution is -0.0169. The van der Waals surface area contributed by atoms with Crippen LogP contribution in [0.4, 0.5) is 11.4 Å². The first-order chi connectivity index (χ1) is 11.7. The SMILES string of the molecule is CC12CCN(CC1)C[C@@H]2CN1c2ccccc2Sc2ccccc21. The molecular weight excluding hydrogens is 312 g/mol. The molecule has 0 aromatic heterocycles. The second-order valence-corrected chi connectivity index (χ2v) is 8.88. The summed E-state index contributed by atoms with van der Waals surface area (Å²) in [6.45, 7) is 7.54. The summed E-state index contributed by atoms with van der Waals surface area (Å²) in [4.78, 5) is 8.05. The molecule has 1 atom stereocenters. The van der Waals surface area contributed by atoms with Crippen LogP contribution in [0.15, 0.2) is 58.3 Å². The fraction of sp³-hybridized carbons (Fsp3) is 0.429. The van der Waals surface area contributed by atoms with Crippen LogP contribution in [0.5, 0.6) is 0 Å². The maximum atomic E-state index is 2.67. The van der Waals surface area contributed by atoms with Crippen LogP contribution >= 0.6 is 11.8 Å². The number of hydrogen-bond donors (Lipinski definition) is 0. The first-order valence-electron chi connectivity index (χ1n) is 9.09. The highest BCUT2D eigenvalue weighted by Crippen LogP contribution is 2.50. The van der Waals surface area contributed by atoms with E-state index in [2.05, 4.69) is 65.3 Å². The predicted octanol–water partition coefficient (Wildman–Crippen LogP) is 5.02. The minimum Gasteiger partial charge on any atom is -0.339 e. The van der Waals surface area contributed by atoms with Gasteiger partial charge in [-0.3, -0.25) is 0 Å². The van der Waals surface area contributed by atoms with Crippen molar-refractivity contribution in [1.82, 2.24) is 4.90 Å². The van der Waals surface area contributed by atoms with Crippen LogP contribution in [0.1, 0.15) is 19.8 Å². The van der Waals surface area contributed by atoms with Crippen LogP contribution in [-0.4, -0.2) is 31.1 Å². The van der Waals surface area contributed by atoms with Crippen molar-refractivity contribution in [3.8, 4) is 0 Å². The monoisotopic (exact) mass is 336 g/mol. The van der Waals surface area contributed by atoms with Gasteiger partial charge in [-0.05, 0) is 61.5 Å². The zero-order valence-corrected chi connectivity index (χ0v) is 15.1. The molecule has 4 heterocycles. The Morgan fingerprint density at radius 2 is 1.54 bits per heavy atom. The highest BCUT2D eigenvalue weighted by molar-refractivity contribution is 7.99. The largest absolute Gasteiger partial charge is 0.339 e. The molecular formula is C21H24N2S.